The number of rotatable bonds is 4. The van der Waals surface area contributed by atoms with Crippen LogP contribution in [0.15, 0.2) is 20.1 Å². The summed E-state index contributed by atoms with van der Waals surface area (Å²) in [5.41, 5.74) is 0. The molecule has 0 aromatic carbocycles. The van der Waals surface area contributed by atoms with E-state index in [0.717, 1.165) is 0 Å². The van der Waals surface area contributed by atoms with Crippen LogP contribution >= 0.6 is 27.3 Å². The Morgan fingerprint density at radius 3 is 2.52 bits per heavy atom. The summed E-state index contributed by atoms with van der Waals surface area (Å²) in [4.78, 5) is 13.7. The molecule has 0 aliphatic carbocycles. The monoisotopic (exact) mass is 394 g/mol. The van der Waals surface area contributed by atoms with E-state index < -0.39 is 10.0 Å². The molecule has 1 aliphatic rings. The Kier molecular flexibility index (Phi) is 5.45. The second kappa shape index (κ2) is 6.76. The van der Waals surface area contributed by atoms with Gasteiger partial charge in [0.25, 0.3) is 10.0 Å². The standard InChI is InChI=1S/C13H19BrN2O3S2/c1-9(2)12(17)16-6-3-10(4-7-16)15-21(18,19)13-11(14)5-8-20-13/h5,8-10,15H,3-4,6-7H2,1-2H3. The van der Waals surface area contributed by atoms with Crippen LogP contribution in [-0.4, -0.2) is 38.4 Å². The predicted octanol–water partition coefficient (Wildman–Crippen LogP) is 2.44. The van der Waals surface area contributed by atoms with Gasteiger partial charge in [0.05, 0.1) is 0 Å². The predicted molar refractivity (Wildman–Crippen MR) is 86.8 cm³/mol. The molecule has 0 radical (unpaired) electrons. The van der Waals surface area contributed by atoms with Crippen molar-refractivity contribution in [2.75, 3.05) is 13.1 Å². The number of likely N-dealkylation sites (tertiary alicyclic amines) is 1. The molecule has 0 saturated carbocycles. The zero-order valence-corrected chi connectivity index (χ0v) is 15.2. The number of sulfonamides is 1. The summed E-state index contributed by atoms with van der Waals surface area (Å²) < 4.78 is 28.2. The number of piperidine rings is 1. The van der Waals surface area contributed by atoms with E-state index in [1.54, 1.807) is 11.4 Å². The summed E-state index contributed by atoms with van der Waals surface area (Å²) in [5.74, 6) is 0.123. The van der Waals surface area contributed by atoms with Crippen LogP contribution in [0.5, 0.6) is 0 Å². The number of hydrogen-bond acceptors (Lipinski definition) is 4. The number of carbonyl (C=O) groups is 1. The third kappa shape index (κ3) is 4.06. The molecule has 2 heterocycles. The van der Waals surface area contributed by atoms with Crippen LogP contribution in [0, 0.1) is 5.92 Å². The van der Waals surface area contributed by atoms with Crippen LogP contribution in [0.25, 0.3) is 0 Å². The number of carbonyl (C=O) groups excluding carboxylic acids is 1. The van der Waals surface area contributed by atoms with Gasteiger partial charge in [0.2, 0.25) is 5.91 Å². The summed E-state index contributed by atoms with van der Waals surface area (Å²) in [6, 6.07) is 1.61. The number of nitrogens with zero attached hydrogens (tertiary/aromatic N) is 1. The van der Waals surface area contributed by atoms with Crippen molar-refractivity contribution in [3.05, 3.63) is 15.9 Å². The quantitative estimate of drug-likeness (QED) is 0.852. The molecule has 1 fully saturated rings. The lowest BCUT2D eigenvalue weighted by molar-refractivity contribution is -0.135. The molecule has 1 aromatic rings. The third-order valence-electron chi connectivity index (χ3n) is 3.45. The highest BCUT2D eigenvalue weighted by Gasteiger charge is 2.28. The first kappa shape index (κ1) is 16.9. The SMILES string of the molecule is CC(C)C(=O)N1CCC(NS(=O)(=O)c2sccc2Br)CC1. The van der Waals surface area contributed by atoms with E-state index in [4.69, 9.17) is 0 Å². The molecule has 1 saturated heterocycles. The van der Waals surface area contributed by atoms with Crippen molar-refractivity contribution in [3.8, 4) is 0 Å². The second-order valence-electron chi connectivity index (χ2n) is 5.43. The van der Waals surface area contributed by atoms with Gasteiger partial charge in [0.15, 0.2) is 0 Å². The third-order valence-corrected chi connectivity index (χ3v) is 7.64. The highest BCUT2D eigenvalue weighted by Crippen LogP contribution is 2.28. The number of amides is 1. The van der Waals surface area contributed by atoms with Crippen LogP contribution < -0.4 is 4.72 Å². The molecule has 1 amide bonds. The van der Waals surface area contributed by atoms with E-state index in [1.807, 2.05) is 18.7 Å². The lowest BCUT2D eigenvalue weighted by atomic mass is 10.0. The van der Waals surface area contributed by atoms with Crippen molar-refractivity contribution in [1.29, 1.82) is 0 Å². The molecule has 8 heteroatoms. The van der Waals surface area contributed by atoms with Crippen LogP contribution in [-0.2, 0) is 14.8 Å². The van der Waals surface area contributed by atoms with E-state index in [-0.39, 0.29) is 17.9 Å². The van der Waals surface area contributed by atoms with Crippen molar-refractivity contribution in [3.63, 3.8) is 0 Å². The molecule has 5 nitrogen and oxygen atoms in total. The largest absolute Gasteiger partial charge is 0.342 e. The van der Waals surface area contributed by atoms with Gasteiger partial charge in [-0.15, -0.1) is 11.3 Å². The fourth-order valence-corrected chi connectivity index (χ4v) is 5.99. The first-order valence-corrected chi connectivity index (χ1v) is 10.0. The van der Waals surface area contributed by atoms with E-state index >= 15 is 0 Å². The molecular formula is C13H19BrN2O3S2. The van der Waals surface area contributed by atoms with Gasteiger partial charge < -0.3 is 4.90 Å². The van der Waals surface area contributed by atoms with Crippen LogP contribution in [0.2, 0.25) is 0 Å². The van der Waals surface area contributed by atoms with Gasteiger partial charge in [0.1, 0.15) is 4.21 Å². The molecule has 1 aliphatic heterocycles. The van der Waals surface area contributed by atoms with Gasteiger partial charge in [-0.2, -0.15) is 0 Å². The Balaban J connectivity index is 1.95. The van der Waals surface area contributed by atoms with E-state index in [1.165, 1.54) is 11.3 Å². The summed E-state index contributed by atoms with van der Waals surface area (Å²) in [6.45, 7) is 4.97. The Hall–Kier alpha value is -0.440. The summed E-state index contributed by atoms with van der Waals surface area (Å²) >= 11 is 4.44. The Morgan fingerprint density at radius 1 is 1.43 bits per heavy atom. The molecule has 0 atom stereocenters. The van der Waals surface area contributed by atoms with Crippen LogP contribution in [0.3, 0.4) is 0 Å². The number of halogens is 1. The van der Waals surface area contributed by atoms with Crippen molar-refractivity contribution in [1.82, 2.24) is 9.62 Å². The summed E-state index contributed by atoms with van der Waals surface area (Å²) in [7, 11) is -3.48. The fraction of sp³-hybridized carbons (Fsp3) is 0.615. The minimum Gasteiger partial charge on any atom is -0.342 e. The topological polar surface area (TPSA) is 66.5 Å². The molecule has 0 spiro atoms. The highest BCUT2D eigenvalue weighted by atomic mass is 79.9. The van der Waals surface area contributed by atoms with Crippen molar-refractivity contribution in [2.45, 2.75) is 36.9 Å². The molecule has 21 heavy (non-hydrogen) atoms. The number of hydrogen-bond donors (Lipinski definition) is 1. The molecule has 118 valence electrons. The van der Waals surface area contributed by atoms with Gasteiger partial charge in [-0.05, 0) is 40.2 Å². The maximum Gasteiger partial charge on any atom is 0.251 e. The van der Waals surface area contributed by atoms with Crippen molar-refractivity contribution >= 4 is 43.2 Å². The maximum atomic E-state index is 12.3. The molecule has 0 bridgehead atoms. The van der Waals surface area contributed by atoms with Gasteiger partial charge >= 0.3 is 0 Å². The summed E-state index contributed by atoms with van der Waals surface area (Å²) in [5, 5.41) is 1.74. The smallest absolute Gasteiger partial charge is 0.251 e. The van der Waals surface area contributed by atoms with E-state index in [2.05, 4.69) is 20.7 Å². The lowest BCUT2D eigenvalue weighted by Crippen LogP contribution is -2.47. The normalized spacial score (nSPS) is 17.4. The highest BCUT2D eigenvalue weighted by molar-refractivity contribution is 9.10. The molecule has 2 rings (SSSR count). The zero-order chi connectivity index (χ0) is 15.6. The molecule has 1 N–H and O–H groups in total. The summed E-state index contributed by atoms with van der Waals surface area (Å²) in [6.07, 6.45) is 1.31. The average molecular weight is 395 g/mol. The van der Waals surface area contributed by atoms with Crippen LogP contribution in [0.1, 0.15) is 26.7 Å². The molecular weight excluding hydrogens is 376 g/mol. The van der Waals surface area contributed by atoms with Gasteiger partial charge in [0, 0.05) is 29.5 Å². The Labute approximate surface area is 137 Å². The van der Waals surface area contributed by atoms with Gasteiger partial charge in [-0.3, -0.25) is 4.79 Å². The minimum absolute atomic E-state index is 0.0136. The maximum absolute atomic E-state index is 12.3. The molecule has 1 aromatic heterocycles. The molecule has 0 unspecified atom stereocenters. The van der Waals surface area contributed by atoms with Gasteiger partial charge in [-0.1, -0.05) is 13.8 Å². The van der Waals surface area contributed by atoms with Crippen molar-refractivity contribution < 1.29 is 13.2 Å². The lowest BCUT2D eigenvalue weighted by Gasteiger charge is -2.33. The fourth-order valence-electron chi connectivity index (χ4n) is 2.33. The second-order valence-corrected chi connectivity index (χ2v) is 9.11. The minimum atomic E-state index is -3.48. The first-order valence-electron chi connectivity index (χ1n) is 6.85. The van der Waals surface area contributed by atoms with E-state index in [0.29, 0.717) is 34.6 Å². The zero-order valence-electron chi connectivity index (χ0n) is 12.0. The first-order chi connectivity index (χ1) is 9.81. The Morgan fingerprint density at radius 2 is 2.05 bits per heavy atom. The number of thiophene rings is 1. The van der Waals surface area contributed by atoms with Crippen LogP contribution in [0.4, 0.5) is 0 Å². The number of nitrogens with one attached hydrogen (secondary N) is 1. The Bertz CT molecular complexity index is 605. The van der Waals surface area contributed by atoms with E-state index in [9.17, 15) is 13.2 Å². The van der Waals surface area contributed by atoms with Gasteiger partial charge in [-0.25, -0.2) is 13.1 Å². The van der Waals surface area contributed by atoms with Crippen molar-refractivity contribution in [2.24, 2.45) is 5.92 Å². The average Bonchev–Trinajstić information content (AvgIpc) is 2.85.